The Hall–Kier alpha value is -3.21. The zero-order valence-corrected chi connectivity index (χ0v) is 16.4. The summed E-state index contributed by atoms with van der Waals surface area (Å²) in [5, 5.41) is 23.4. The van der Waals surface area contributed by atoms with Gasteiger partial charge in [0, 0.05) is 24.3 Å². The third-order valence-corrected chi connectivity index (χ3v) is 5.70. The van der Waals surface area contributed by atoms with E-state index in [4.69, 9.17) is 0 Å². The van der Waals surface area contributed by atoms with Crippen LogP contribution in [0.3, 0.4) is 0 Å². The standard InChI is InChI=1S/C21H24N6O2/c1-14-11-21(12-14,13-22)20(29)24-16-6-4-5-15(9-16)23-19(28)10-18-26-25-17-7-2-3-8-27(17)18/h4-6,9,14H,2-3,7-8,10-12H2,1H3,(H,23,28)(H,24,29). The van der Waals surface area contributed by atoms with Crippen molar-refractivity contribution in [3.8, 4) is 6.07 Å². The predicted molar refractivity (Wildman–Crippen MR) is 107 cm³/mol. The van der Waals surface area contributed by atoms with E-state index in [9.17, 15) is 14.9 Å². The summed E-state index contributed by atoms with van der Waals surface area (Å²) < 4.78 is 2.03. The summed E-state index contributed by atoms with van der Waals surface area (Å²) in [6.45, 7) is 2.89. The average Bonchev–Trinajstić information content (AvgIpc) is 3.08. The summed E-state index contributed by atoms with van der Waals surface area (Å²) in [5.74, 6) is 1.54. The minimum atomic E-state index is -0.939. The van der Waals surface area contributed by atoms with E-state index in [1.165, 1.54) is 0 Å². The molecular formula is C21H24N6O2. The fourth-order valence-electron chi connectivity index (χ4n) is 4.23. The van der Waals surface area contributed by atoms with Crippen LogP contribution in [-0.4, -0.2) is 26.6 Å². The summed E-state index contributed by atoms with van der Waals surface area (Å²) >= 11 is 0. The average molecular weight is 392 g/mol. The molecule has 4 rings (SSSR count). The smallest absolute Gasteiger partial charge is 0.244 e. The molecule has 0 radical (unpaired) electrons. The van der Waals surface area contributed by atoms with Crippen molar-refractivity contribution in [2.24, 2.45) is 11.3 Å². The fourth-order valence-corrected chi connectivity index (χ4v) is 4.23. The number of nitrogens with zero attached hydrogens (tertiary/aromatic N) is 4. The first-order valence-electron chi connectivity index (χ1n) is 10.0. The molecule has 0 spiro atoms. The molecule has 2 aromatic rings. The second kappa shape index (κ2) is 7.66. The molecular weight excluding hydrogens is 368 g/mol. The number of rotatable bonds is 5. The number of fused-ring (bicyclic) bond motifs is 1. The molecule has 2 heterocycles. The number of hydrogen-bond donors (Lipinski definition) is 2. The van der Waals surface area contributed by atoms with Crippen LogP contribution in [0.4, 0.5) is 11.4 Å². The number of anilines is 2. The molecule has 1 fully saturated rings. The van der Waals surface area contributed by atoms with Crippen LogP contribution in [0.2, 0.25) is 0 Å². The molecule has 150 valence electrons. The number of nitriles is 1. The maximum Gasteiger partial charge on any atom is 0.244 e. The second-order valence-corrected chi connectivity index (χ2v) is 8.11. The van der Waals surface area contributed by atoms with E-state index in [2.05, 4.69) is 26.9 Å². The highest BCUT2D eigenvalue weighted by atomic mass is 16.2. The van der Waals surface area contributed by atoms with E-state index >= 15 is 0 Å². The van der Waals surface area contributed by atoms with E-state index in [1.807, 2.05) is 11.5 Å². The van der Waals surface area contributed by atoms with Crippen molar-refractivity contribution in [3.05, 3.63) is 35.9 Å². The summed E-state index contributed by atoms with van der Waals surface area (Å²) in [4.78, 5) is 25.0. The van der Waals surface area contributed by atoms with Gasteiger partial charge in [0.25, 0.3) is 0 Å². The van der Waals surface area contributed by atoms with Crippen LogP contribution >= 0.6 is 0 Å². The van der Waals surface area contributed by atoms with Gasteiger partial charge in [-0.2, -0.15) is 5.26 Å². The van der Waals surface area contributed by atoms with Gasteiger partial charge < -0.3 is 15.2 Å². The van der Waals surface area contributed by atoms with Gasteiger partial charge >= 0.3 is 0 Å². The van der Waals surface area contributed by atoms with Crippen LogP contribution in [0.5, 0.6) is 0 Å². The van der Waals surface area contributed by atoms with Crippen molar-refractivity contribution >= 4 is 23.2 Å². The molecule has 1 aliphatic carbocycles. The molecule has 8 nitrogen and oxygen atoms in total. The highest BCUT2D eigenvalue weighted by Gasteiger charge is 2.48. The largest absolute Gasteiger partial charge is 0.326 e. The van der Waals surface area contributed by atoms with Crippen LogP contribution < -0.4 is 10.6 Å². The highest BCUT2D eigenvalue weighted by Crippen LogP contribution is 2.45. The first-order valence-corrected chi connectivity index (χ1v) is 10.0. The number of carbonyl (C=O) groups is 2. The fraction of sp³-hybridized carbons (Fsp3) is 0.476. The molecule has 1 aliphatic heterocycles. The predicted octanol–water partition coefficient (Wildman–Crippen LogP) is 2.67. The number of aromatic nitrogens is 3. The van der Waals surface area contributed by atoms with E-state index in [0.717, 1.165) is 31.6 Å². The zero-order valence-electron chi connectivity index (χ0n) is 16.4. The maximum absolute atomic E-state index is 12.5. The lowest BCUT2D eigenvalue weighted by Gasteiger charge is -2.39. The molecule has 0 bridgehead atoms. The van der Waals surface area contributed by atoms with Crippen LogP contribution in [0, 0.1) is 22.7 Å². The molecule has 0 unspecified atom stereocenters. The summed E-state index contributed by atoms with van der Waals surface area (Å²) in [6, 6.07) is 9.13. The topological polar surface area (TPSA) is 113 Å². The lowest BCUT2D eigenvalue weighted by molar-refractivity contribution is -0.128. The van der Waals surface area contributed by atoms with Gasteiger partial charge in [-0.05, 0) is 49.8 Å². The molecule has 1 aromatic heterocycles. The number of hydrogen-bond acceptors (Lipinski definition) is 5. The normalized spacial score (nSPS) is 22.7. The van der Waals surface area contributed by atoms with Gasteiger partial charge in [-0.25, -0.2) is 0 Å². The van der Waals surface area contributed by atoms with Crippen molar-refractivity contribution in [2.45, 2.75) is 52.0 Å². The molecule has 2 N–H and O–H groups in total. The Bertz CT molecular complexity index is 983. The lowest BCUT2D eigenvalue weighted by Crippen LogP contribution is -2.45. The van der Waals surface area contributed by atoms with Gasteiger partial charge in [-0.1, -0.05) is 13.0 Å². The van der Waals surface area contributed by atoms with E-state index < -0.39 is 5.41 Å². The number of benzene rings is 1. The van der Waals surface area contributed by atoms with Gasteiger partial charge in [0.2, 0.25) is 11.8 Å². The van der Waals surface area contributed by atoms with E-state index in [0.29, 0.717) is 36.0 Å². The maximum atomic E-state index is 12.5. The van der Waals surface area contributed by atoms with Gasteiger partial charge in [0.1, 0.15) is 17.1 Å². The summed E-state index contributed by atoms with van der Waals surface area (Å²) in [7, 11) is 0. The van der Waals surface area contributed by atoms with Crippen molar-refractivity contribution in [3.63, 3.8) is 0 Å². The summed E-state index contributed by atoms with van der Waals surface area (Å²) in [6.07, 6.45) is 4.39. The number of carbonyl (C=O) groups excluding carboxylic acids is 2. The first-order chi connectivity index (χ1) is 14.0. The van der Waals surface area contributed by atoms with Crippen molar-refractivity contribution in [1.82, 2.24) is 14.8 Å². The van der Waals surface area contributed by atoms with Gasteiger partial charge in [-0.15, -0.1) is 10.2 Å². The van der Waals surface area contributed by atoms with Crippen LogP contribution in [-0.2, 0) is 29.0 Å². The Morgan fingerprint density at radius 2 is 2.00 bits per heavy atom. The van der Waals surface area contributed by atoms with Crippen molar-refractivity contribution in [1.29, 1.82) is 5.26 Å². The number of nitrogens with one attached hydrogen (secondary N) is 2. The zero-order chi connectivity index (χ0) is 20.4. The monoisotopic (exact) mass is 392 g/mol. The van der Waals surface area contributed by atoms with Crippen LogP contribution in [0.25, 0.3) is 0 Å². The Morgan fingerprint density at radius 1 is 1.24 bits per heavy atom. The molecule has 1 saturated carbocycles. The summed E-state index contributed by atoms with van der Waals surface area (Å²) in [5.41, 5.74) is 0.201. The minimum absolute atomic E-state index is 0.152. The van der Waals surface area contributed by atoms with Crippen LogP contribution in [0.15, 0.2) is 24.3 Å². The SMILES string of the molecule is CC1CC(C#N)(C(=O)Nc2cccc(NC(=O)Cc3nnc4n3CCCC4)c2)C1. The second-order valence-electron chi connectivity index (χ2n) is 8.11. The molecule has 0 atom stereocenters. The van der Waals surface area contributed by atoms with Gasteiger partial charge in [0.15, 0.2) is 0 Å². The Kier molecular flexibility index (Phi) is 5.05. The van der Waals surface area contributed by atoms with Crippen LogP contribution in [0.1, 0.15) is 44.3 Å². The molecule has 1 aromatic carbocycles. The Balaban J connectivity index is 1.39. The van der Waals surface area contributed by atoms with Gasteiger partial charge in [-0.3, -0.25) is 9.59 Å². The first kappa shape index (κ1) is 19.1. The minimum Gasteiger partial charge on any atom is -0.326 e. The third-order valence-electron chi connectivity index (χ3n) is 5.70. The molecule has 0 saturated heterocycles. The lowest BCUT2D eigenvalue weighted by atomic mass is 9.63. The van der Waals surface area contributed by atoms with E-state index in [-0.39, 0.29) is 18.2 Å². The number of aryl methyl sites for hydroxylation is 1. The molecule has 29 heavy (non-hydrogen) atoms. The highest BCUT2D eigenvalue weighted by molar-refractivity contribution is 5.99. The van der Waals surface area contributed by atoms with Gasteiger partial charge in [0.05, 0.1) is 12.5 Å². The quantitative estimate of drug-likeness (QED) is 0.812. The molecule has 2 amide bonds. The Morgan fingerprint density at radius 3 is 2.72 bits per heavy atom. The van der Waals surface area contributed by atoms with Crippen molar-refractivity contribution < 1.29 is 9.59 Å². The number of amides is 2. The van der Waals surface area contributed by atoms with E-state index in [1.54, 1.807) is 24.3 Å². The molecule has 8 heteroatoms. The Labute approximate surface area is 169 Å². The molecule has 2 aliphatic rings. The van der Waals surface area contributed by atoms with Crippen molar-refractivity contribution in [2.75, 3.05) is 10.6 Å². The third kappa shape index (κ3) is 3.86.